The van der Waals surface area contributed by atoms with Gasteiger partial charge in [0.1, 0.15) is 0 Å². The van der Waals surface area contributed by atoms with Gasteiger partial charge in [-0.25, -0.2) is 17.9 Å². The highest BCUT2D eigenvalue weighted by Crippen LogP contribution is 2.13. The summed E-state index contributed by atoms with van der Waals surface area (Å²) in [6.45, 7) is 4.29. The van der Waals surface area contributed by atoms with Crippen molar-refractivity contribution in [3.05, 3.63) is 29.8 Å². The van der Waals surface area contributed by atoms with Crippen LogP contribution in [-0.2, 0) is 10.0 Å². The van der Waals surface area contributed by atoms with Crippen LogP contribution in [0.4, 0.5) is 4.79 Å². The van der Waals surface area contributed by atoms with Gasteiger partial charge in [-0.05, 0) is 45.0 Å². The van der Waals surface area contributed by atoms with E-state index in [-0.39, 0.29) is 4.90 Å². The van der Waals surface area contributed by atoms with Crippen LogP contribution in [-0.4, -0.2) is 46.0 Å². The fourth-order valence-corrected chi connectivity index (χ4v) is 3.29. The zero-order chi connectivity index (χ0) is 15.5. The third kappa shape index (κ3) is 4.44. The second-order valence-electron chi connectivity index (χ2n) is 5.55. The van der Waals surface area contributed by atoms with Gasteiger partial charge in [0.05, 0.1) is 4.90 Å². The fourth-order valence-electron chi connectivity index (χ4n) is 2.36. The van der Waals surface area contributed by atoms with Gasteiger partial charge in [-0.1, -0.05) is 17.7 Å². The number of aryl methyl sites for hydroxylation is 1. The molecule has 1 aliphatic heterocycles. The van der Waals surface area contributed by atoms with Crippen molar-refractivity contribution in [3.63, 3.8) is 0 Å². The molecule has 0 saturated carbocycles. The number of hydrogen-bond donors (Lipinski definition) is 2. The van der Waals surface area contributed by atoms with E-state index in [4.69, 9.17) is 0 Å². The topological polar surface area (TPSA) is 78.5 Å². The fraction of sp³-hybridized carbons (Fsp3) is 0.500. The van der Waals surface area contributed by atoms with Crippen LogP contribution < -0.4 is 10.0 Å². The molecular weight excluding hydrogens is 290 g/mol. The zero-order valence-electron chi connectivity index (χ0n) is 12.3. The second-order valence-corrected chi connectivity index (χ2v) is 7.23. The number of rotatable bonds is 4. The number of carbonyl (C=O) groups excluding carboxylic acids is 1. The molecule has 2 amide bonds. The number of nitrogens with one attached hydrogen (secondary N) is 2. The summed E-state index contributed by atoms with van der Waals surface area (Å²) in [4.78, 5) is 14.0. The van der Waals surface area contributed by atoms with Crippen LogP contribution in [0.1, 0.15) is 12.0 Å². The summed E-state index contributed by atoms with van der Waals surface area (Å²) in [5.41, 5.74) is 0.962. The molecule has 6 nitrogen and oxygen atoms in total. The van der Waals surface area contributed by atoms with Gasteiger partial charge in [-0.15, -0.1) is 0 Å². The first-order valence-electron chi connectivity index (χ1n) is 6.93. The monoisotopic (exact) mass is 311 g/mol. The van der Waals surface area contributed by atoms with E-state index in [2.05, 4.69) is 10.2 Å². The van der Waals surface area contributed by atoms with Gasteiger partial charge in [0.15, 0.2) is 0 Å². The number of urea groups is 1. The summed E-state index contributed by atoms with van der Waals surface area (Å²) in [6.07, 6.45) is 1.02. The molecule has 0 aliphatic carbocycles. The molecule has 116 valence electrons. The lowest BCUT2D eigenvalue weighted by Gasteiger charge is -2.12. The number of hydrogen-bond acceptors (Lipinski definition) is 4. The Hall–Kier alpha value is -1.60. The largest absolute Gasteiger partial charge is 0.337 e. The SMILES string of the molecule is Cc1ccc(S(=O)(=O)NC(=O)NCC2CCN(C)C2)cc1. The lowest BCUT2D eigenvalue weighted by Crippen LogP contribution is -2.41. The number of amides is 2. The number of nitrogens with zero attached hydrogens (tertiary/aromatic N) is 1. The van der Waals surface area contributed by atoms with Crippen LogP contribution in [0.2, 0.25) is 0 Å². The average molecular weight is 311 g/mol. The van der Waals surface area contributed by atoms with Crippen molar-refractivity contribution in [1.29, 1.82) is 0 Å². The lowest BCUT2D eigenvalue weighted by molar-refractivity contribution is 0.244. The van der Waals surface area contributed by atoms with Crippen LogP contribution in [0.3, 0.4) is 0 Å². The predicted octanol–water partition coefficient (Wildman–Crippen LogP) is 0.935. The zero-order valence-corrected chi connectivity index (χ0v) is 13.1. The average Bonchev–Trinajstić information content (AvgIpc) is 2.82. The molecule has 1 aliphatic rings. The molecule has 1 fully saturated rings. The number of carbonyl (C=O) groups is 1. The van der Waals surface area contributed by atoms with E-state index in [9.17, 15) is 13.2 Å². The van der Waals surface area contributed by atoms with Crippen molar-refractivity contribution in [2.24, 2.45) is 5.92 Å². The van der Waals surface area contributed by atoms with Crippen molar-refractivity contribution in [3.8, 4) is 0 Å². The van der Waals surface area contributed by atoms with Gasteiger partial charge in [-0.3, -0.25) is 0 Å². The molecule has 21 heavy (non-hydrogen) atoms. The Labute approximate surface area is 125 Å². The second kappa shape index (κ2) is 6.44. The van der Waals surface area contributed by atoms with Gasteiger partial charge >= 0.3 is 6.03 Å². The molecule has 1 heterocycles. The highest BCUT2D eigenvalue weighted by atomic mass is 32.2. The summed E-state index contributed by atoms with van der Waals surface area (Å²) in [6, 6.07) is 5.68. The molecular formula is C14H21N3O3S. The van der Waals surface area contributed by atoms with E-state index in [1.165, 1.54) is 12.1 Å². The first-order valence-corrected chi connectivity index (χ1v) is 8.41. The van der Waals surface area contributed by atoms with Crippen LogP contribution in [0.15, 0.2) is 29.2 Å². The normalized spacial score (nSPS) is 19.4. The predicted molar refractivity (Wildman–Crippen MR) is 80.5 cm³/mol. The minimum atomic E-state index is -3.81. The molecule has 7 heteroatoms. The Bertz CT molecular complexity index is 598. The maximum atomic E-state index is 12.0. The first-order chi connectivity index (χ1) is 9.87. The highest BCUT2D eigenvalue weighted by molar-refractivity contribution is 7.90. The van der Waals surface area contributed by atoms with E-state index >= 15 is 0 Å². The summed E-state index contributed by atoms with van der Waals surface area (Å²) < 4.78 is 26.1. The van der Waals surface area contributed by atoms with Crippen molar-refractivity contribution in [2.75, 3.05) is 26.7 Å². The molecule has 2 N–H and O–H groups in total. The maximum Gasteiger partial charge on any atom is 0.328 e. The Balaban J connectivity index is 1.88. The smallest absolute Gasteiger partial charge is 0.328 e. The Morgan fingerprint density at radius 2 is 2.00 bits per heavy atom. The molecule has 0 spiro atoms. The number of sulfonamides is 1. The standard InChI is InChI=1S/C14H21N3O3S/c1-11-3-5-13(6-4-11)21(19,20)16-14(18)15-9-12-7-8-17(2)10-12/h3-6,12H,7-10H2,1-2H3,(H2,15,16,18). The molecule has 1 atom stereocenters. The van der Waals surface area contributed by atoms with Crippen LogP contribution in [0.25, 0.3) is 0 Å². The van der Waals surface area contributed by atoms with Crippen molar-refractivity contribution < 1.29 is 13.2 Å². The molecule has 1 saturated heterocycles. The summed E-state index contributed by atoms with van der Waals surface area (Å²) >= 11 is 0. The van der Waals surface area contributed by atoms with E-state index in [1.807, 2.05) is 18.7 Å². The summed E-state index contributed by atoms with van der Waals surface area (Å²) in [5.74, 6) is 0.378. The number of likely N-dealkylation sites (tertiary alicyclic amines) is 1. The Morgan fingerprint density at radius 1 is 1.33 bits per heavy atom. The molecule has 0 aromatic heterocycles. The minimum Gasteiger partial charge on any atom is -0.337 e. The van der Waals surface area contributed by atoms with E-state index < -0.39 is 16.1 Å². The van der Waals surface area contributed by atoms with Crippen LogP contribution in [0.5, 0.6) is 0 Å². The molecule has 2 rings (SSSR count). The van der Waals surface area contributed by atoms with Gasteiger partial charge in [0.25, 0.3) is 10.0 Å². The van der Waals surface area contributed by atoms with Gasteiger partial charge in [0, 0.05) is 13.1 Å². The van der Waals surface area contributed by atoms with Crippen molar-refractivity contribution in [1.82, 2.24) is 14.9 Å². The third-order valence-electron chi connectivity index (χ3n) is 3.60. The molecule has 0 radical (unpaired) electrons. The lowest BCUT2D eigenvalue weighted by atomic mass is 10.1. The van der Waals surface area contributed by atoms with Crippen LogP contribution >= 0.6 is 0 Å². The molecule has 1 aromatic rings. The van der Waals surface area contributed by atoms with Crippen molar-refractivity contribution in [2.45, 2.75) is 18.2 Å². The Kier molecular flexibility index (Phi) is 4.84. The van der Waals surface area contributed by atoms with Gasteiger partial charge < -0.3 is 10.2 Å². The van der Waals surface area contributed by atoms with E-state index in [0.717, 1.165) is 25.1 Å². The molecule has 0 bridgehead atoms. The van der Waals surface area contributed by atoms with Crippen LogP contribution in [0, 0.1) is 12.8 Å². The van der Waals surface area contributed by atoms with E-state index in [0.29, 0.717) is 12.5 Å². The van der Waals surface area contributed by atoms with E-state index in [1.54, 1.807) is 12.1 Å². The number of benzene rings is 1. The minimum absolute atomic E-state index is 0.0869. The summed E-state index contributed by atoms with van der Waals surface area (Å²) in [7, 11) is -1.78. The quantitative estimate of drug-likeness (QED) is 0.867. The third-order valence-corrected chi connectivity index (χ3v) is 4.95. The first kappa shape index (κ1) is 15.8. The van der Waals surface area contributed by atoms with Gasteiger partial charge in [-0.2, -0.15) is 0 Å². The summed E-state index contributed by atoms with van der Waals surface area (Å²) in [5, 5.41) is 2.63. The maximum absolute atomic E-state index is 12.0. The van der Waals surface area contributed by atoms with Gasteiger partial charge in [0.2, 0.25) is 0 Å². The highest BCUT2D eigenvalue weighted by Gasteiger charge is 2.21. The molecule has 1 aromatic carbocycles. The molecule has 1 unspecified atom stereocenters. The van der Waals surface area contributed by atoms with Crippen molar-refractivity contribution >= 4 is 16.1 Å². The Morgan fingerprint density at radius 3 is 2.57 bits per heavy atom.